The van der Waals surface area contributed by atoms with Gasteiger partial charge in [0.2, 0.25) is 0 Å². The number of halogens is 1. The summed E-state index contributed by atoms with van der Waals surface area (Å²) in [4.78, 5) is 23.5. The van der Waals surface area contributed by atoms with Crippen LogP contribution in [0.4, 0.5) is 0 Å². The van der Waals surface area contributed by atoms with Crippen molar-refractivity contribution in [2.24, 2.45) is 0 Å². The second kappa shape index (κ2) is 3.24. The number of nitrogens with one attached hydrogen (secondary N) is 1. The molecule has 12 heavy (non-hydrogen) atoms. The number of H-pyrrole nitrogens is 1. The zero-order valence-corrected chi connectivity index (χ0v) is 6.63. The van der Waals surface area contributed by atoms with Crippen molar-refractivity contribution in [3.8, 4) is 6.07 Å². The molecule has 0 bridgehead atoms. The molecule has 0 fully saturated rings. The number of hydrogen-bond acceptors (Lipinski definition) is 3. The van der Waals surface area contributed by atoms with Crippen molar-refractivity contribution in [1.29, 1.82) is 5.26 Å². The molecule has 6 heteroatoms. The summed E-state index contributed by atoms with van der Waals surface area (Å²) in [5.74, 6) is 0. The van der Waals surface area contributed by atoms with Gasteiger partial charge < -0.3 is 0 Å². The van der Waals surface area contributed by atoms with Gasteiger partial charge in [-0.05, 0) is 0 Å². The summed E-state index contributed by atoms with van der Waals surface area (Å²) in [5.41, 5.74) is -1.24. The largest absolute Gasteiger partial charge is 0.330 e. The summed E-state index contributed by atoms with van der Waals surface area (Å²) in [6, 6.07) is 2.78. The van der Waals surface area contributed by atoms with E-state index in [1.54, 1.807) is 6.07 Å². The molecule has 5 nitrogen and oxygen atoms in total. The predicted molar refractivity (Wildman–Crippen MR) is 41.9 cm³/mol. The number of aromatic amines is 1. The van der Waals surface area contributed by atoms with E-state index in [4.69, 9.17) is 16.9 Å². The van der Waals surface area contributed by atoms with Gasteiger partial charge in [-0.3, -0.25) is 14.3 Å². The molecule has 1 heterocycles. The van der Waals surface area contributed by atoms with Crippen LogP contribution in [0, 0.1) is 11.3 Å². The first-order valence-corrected chi connectivity index (χ1v) is 3.39. The molecule has 0 aliphatic rings. The van der Waals surface area contributed by atoms with Gasteiger partial charge in [0, 0.05) is 6.07 Å². The van der Waals surface area contributed by atoms with E-state index in [9.17, 15) is 9.59 Å². The van der Waals surface area contributed by atoms with Crippen molar-refractivity contribution in [3.63, 3.8) is 0 Å². The number of rotatable bonds is 1. The molecule has 0 unspecified atom stereocenters. The highest BCUT2D eigenvalue weighted by Crippen LogP contribution is 1.99. The Bertz CT molecular complexity index is 439. The molecule has 0 aliphatic carbocycles. The molecule has 0 saturated heterocycles. The minimum Gasteiger partial charge on any atom is -0.274 e. The third-order valence-corrected chi connectivity index (χ3v) is 1.53. The molecule has 0 aromatic carbocycles. The van der Waals surface area contributed by atoms with Gasteiger partial charge in [-0.2, -0.15) is 5.26 Å². The van der Waals surface area contributed by atoms with Gasteiger partial charge in [-0.1, -0.05) is 11.6 Å². The van der Waals surface area contributed by atoms with E-state index in [0.717, 1.165) is 10.6 Å². The van der Waals surface area contributed by atoms with Crippen LogP contribution in [0.1, 0.15) is 0 Å². The maximum absolute atomic E-state index is 10.9. The van der Waals surface area contributed by atoms with Gasteiger partial charge in [0.05, 0.1) is 6.07 Å². The van der Waals surface area contributed by atoms with Gasteiger partial charge in [-0.15, -0.1) is 0 Å². The maximum Gasteiger partial charge on any atom is 0.330 e. The summed E-state index contributed by atoms with van der Waals surface area (Å²) >= 11 is 5.51. The van der Waals surface area contributed by atoms with Crippen LogP contribution in [0.5, 0.6) is 0 Å². The molecular formula is C6H4ClN3O2. The van der Waals surface area contributed by atoms with Crippen LogP contribution in [0.3, 0.4) is 0 Å². The first-order valence-electron chi connectivity index (χ1n) is 3.02. The standard InChI is InChI=1S/C6H4ClN3O2/c7-4-3-5(11)9-6(12)10(4)2-1-8/h3H,2H2,(H,9,11,12). The van der Waals surface area contributed by atoms with Crippen LogP contribution in [0.25, 0.3) is 0 Å². The highest BCUT2D eigenvalue weighted by atomic mass is 35.5. The lowest BCUT2D eigenvalue weighted by Gasteiger charge is -1.99. The van der Waals surface area contributed by atoms with E-state index in [0.29, 0.717) is 0 Å². The van der Waals surface area contributed by atoms with Crippen molar-refractivity contribution in [1.82, 2.24) is 9.55 Å². The minimum absolute atomic E-state index is 0.0368. The van der Waals surface area contributed by atoms with Crippen molar-refractivity contribution in [2.75, 3.05) is 0 Å². The minimum atomic E-state index is -0.672. The Kier molecular flexibility index (Phi) is 2.31. The van der Waals surface area contributed by atoms with E-state index in [1.165, 1.54) is 0 Å². The highest BCUT2D eigenvalue weighted by molar-refractivity contribution is 6.29. The monoisotopic (exact) mass is 185 g/mol. The maximum atomic E-state index is 10.9. The lowest BCUT2D eigenvalue weighted by Crippen LogP contribution is -2.29. The number of aromatic nitrogens is 2. The molecular weight excluding hydrogens is 182 g/mol. The third kappa shape index (κ3) is 1.54. The van der Waals surface area contributed by atoms with Crippen molar-refractivity contribution in [3.05, 3.63) is 32.1 Å². The molecule has 1 rings (SSSR count). The average molecular weight is 186 g/mol. The fraction of sp³-hybridized carbons (Fsp3) is 0.167. The van der Waals surface area contributed by atoms with Crippen LogP contribution >= 0.6 is 11.6 Å². The summed E-state index contributed by atoms with van der Waals surface area (Å²) in [6.07, 6.45) is 0. The lowest BCUT2D eigenvalue weighted by molar-refractivity contribution is 0.745. The van der Waals surface area contributed by atoms with E-state index >= 15 is 0 Å². The average Bonchev–Trinajstić information content (AvgIpc) is 1.96. The van der Waals surface area contributed by atoms with Crippen molar-refractivity contribution >= 4 is 11.6 Å². The Morgan fingerprint density at radius 3 is 2.83 bits per heavy atom. The summed E-state index contributed by atoms with van der Waals surface area (Å²) in [7, 11) is 0. The Morgan fingerprint density at radius 2 is 2.33 bits per heavy atom. The van der Waals surface area contributed by atoms with E-state index < -0.39 is 11.2 Å². The Morgan fingerprint density at radius 1 is 1.67 bits per heavy atom. The third-order valence-electron chi connectivity index (χ3n) is 1.21. The Balaban J connectivity index is 3.41. The van der Waals surface area contributed by atoms with Crippen LogP contribution in [0.15, 0.2) is 15.7 Å². The Labute approximate surface area is 71.8 Å². The second-order valence-electron chi connectivity index (χ2n) is 2.01. The fourth-order valence-electron chi connectivity index (χ4n) is 0.710. The predicted octanol–water partition coefficient (Wildman–Crippen LogP) is -0.286. The van der Waals surface area contributed by atoms with Gasteiger partial charge in [0.25, 0.3) is 5.56 Å². The van der Waals surface area contributed by atoms with E-state index in [2.05, 4.69) is 0 Å². The molecule has 62 valence electrons. The molecule has 0 atom stereocenters. The van der Waals surface area contributed by atoms with Crippen LogP contribution in [-0.4, -0.2) is 9.55 Å². The van der Waals surface area contributed by atoms with Crippen LogP contribution < -0.4 is 11.2 Å². The topological polar surface area (TPSA) is 78.7 Å². The fourth-order valence-corrected chi connectivity index (χ4v) is 0.946. The molecule has 1 aromatic rings. The van der Waals surface area contributed by atoms with Crippen LogP contribution in [-0.2, 0) is 6.54 Å². The molecule has 0 aliphatic heterocycles. The molecule has 0 amide bonds. The normalized spacial score (nSPS) is 9.33. The molecule has 0 saturated carbocycles. The zero-order valence-electron chi connectivity index (χ0n) is 5.87. The highest BCUT2D eigenvalue weighted by Gasteiger charge is 2.01. The summed E-state index contributed by atoms with van der Waals surface area (Å²) < 4.78 is 0.961. The molecule has 1 N–H and O–H groups in total. The van der Waals surface area contributed by atoms with Crippen molar-refractivity contribution < 1.29 is 0 Å². The molecule has 0 radical (unpaired) electrons. The second-order valence-corrected chi connectivity index (χ2v) is 2.39. The smallest absolute Gasteiger partial charge is 0.274 e. The first kappa shape index (κ1) is 8.56. The summed E-state index contributed by atoms with van der Waals surface area (Å²) in [6.45, 7) is -0.172. The van der Waals surface area contributed by atoms with Gasteiger partial charge in [0.1, 0.15) is 11.7 Å². The Hall–Kier alpha value is -1.54. The van der Waals surface area contributed by atoms with Gasteiger partial charge in [-0.25, -0.2) is 4.79 Å². The molecule has 0 spiro atoms. The van der Waals surface area contributed by atoms with E-state index in [-0.39, 0.29) is 11.7 Å². The van der Waals surface area contributed by atoms with Crippen LogP contribution in [0.2, 0.25) is 5.15 Å². The van der Waals surface area contributed by atoms with Gasteiger partial charge in [0.15, 0.2) is 0 Å². The lowest BCUT2D eigenvalue weighted by atomic mass is 10.6. The van der Waals surface area contributed by atoms with Gasteiger partial charge >= 0.3 is 5.69 Å². The number of hydrogen-bond donors (Lipinski definition) is 1. The SMILES string of the molecule is N#CCn1c(Cl)cc(=O)[nH]c1=O. The first-order chi connectivity index (χ1) is 5.65. The summed E-state index contributed by atoms with van der Waals surface area (Å²) in [5, 5.41) is 8.24. The van der Waals surface area contributed by atoms with E-state index in [1.807, 2.05) is 4.98 Å². The quantitative estimate of drug-likeness (QED) is 0.611. The zero-order chi connectivity index (χ0) is 9.14. The number of nitriles is 1. The number of nitrogens with zero attached hydrogens (tertiary/aromatic N) is 2. The molecule has 1 aromatic heterocycles. The van der Waals surface area contributed by atoms with Crippen molar-refractivity contribution in [2.45, 2.75) is 6.54 Å².